The summed E-state index contributed by atoms with van der Waals surface area (Å²) >= 11 is 0. The fourth-order valence-corrected chi connectivity index (χ4v) is 3.02. The summed E-state index contributed by atoms with van der Waals surface area (Å²) < 4.78 is 24.6. The minimum absolute atomic E-state index is 0.0362. The third-order valence-electron chi connectivity index (χ3n) is 3.60. The Balaban J connectivity index is 2.47. The van der Waals surface area contributed by atoms with Crippen LogP contribution in [-0.2, 0) is 14.8 Å². The van der Waals surface area contributed by atoms with E-state index in [4.69, 9.17) is 5.73 Å². The maximum Gasteiger partial charge on any atom is 0.222 e. The van der Waals surface area contributed by atoms with Gasteiger partial charge in [0.2, 0.25) is 15.9 Å². The molecule has 3 N–H and O–H groups in total. The molecule has 1 aliphatic rings. The molecule has 0 aromatic carbocycles. The number of likely N-dealkylation sites (tertiary alicyclic amines) is 1. The van der Waals surface area contributed by atoms with Crippen LogP contribution in [0.15, 0.2) is 0 Å². The zero-order valence-electron chi connectivity index (χ0n) is 12.5. The van der Waals surface area contributed by atoms with E-state index in [1.54, 1.807) is 0 Å². The van der Waals surface area contributed by atoms with Crippen molar-refractivity contribution in [2.45, 2.75) is 57.5 Å². The summed E-state index contributed by atoms with van der Waals surface area (Å²) in [4.78, 5) is 14.1. The summed E-state index contributed by atoms with van der Waals surface area (Å²) in [7, 11) is -3.15. The second-order valence-electron chi connectivity index (χ2n) is 5.71. The average molecular weight is 305 g/mol. The fraction of sp³-hybridized carbons (Fsp3) is 0.923. The first-order valence-corrected chi connectivity index (χ1v) is 9.18. The molecular formula is C13H27N3O3S. The van der Waals surface area contributed by atoms with Gasteiger partial charge in [0.1, 0.15) is 0 Å². The second-order valence-corrected chi connectivity index (χ2v) is 7.54. The van der Waals surface area contributed by atoms with Gasteiger partial charge in [-0.1, -0.05) is 0 Å². The third kappa shape index (κ3) is 6.67. The van der Waals surface area contributed by atoms with Gasteiger partial charge >= 0.3 is 0 Å². The van der Waals surface area contributed by atoms with Gasteiger partial charge in [-0.25, -0.2) is 13.1 Å². The Hall–Kier alpha value is -0.660. The largest absolute Gasteiger partial charge is 0.340 e. The SMILES string of the molecule is CC(N)CCC(=O)N1CCCCC1CCNS(C)(=O)=O. The maximum absolute atomic E-state index is 12.2. The van der Waals surface area contributed by atoms with Crippen molar-refractivity contribution in [1.82, 2.24) is 9.62 Å². The van der Waals surface area contributed by atoms with Crippen LogP contribution in [0.3, 0.4) is 0 Å². The van der Waals surface area contributed by atoms with Crippen molar-refractivity contribution < 1.29 is 13.2 Å². The molecule has 6 nitrogen and oxygen atoms in total. The molecule has 0 saturated carbocycles. The van der Waals surface area contributed by atoms with Crippen molar-refractivity contribution in [3.8, 4) is 0 Å². The highest BCUT2D eigenvalue weighted by Gasteiger charge is 2.26. The molecule has 0 bridgehead atoms. The Kier molecular flexibility index (Phi) is 6.91. The second kappa shape index (κ2) is 7.95. The molecule has 0 spiro atoms. The molecular weight excluding hydrogens is 278 g/mol. The van der Waals surface area contributed by atoms with Crippen molar-refractivity contribution in [1.29, 1.82) is 0 Å². The molecule has 0 aromatic heterocycles. The maximum atomic E-state index is 12.2. The Labute approximate surface area is 122 Å². The van der Waals surface area contributed by atoms with Gasteiger partial charge in [-0.2, -0.15) is 0 Å². The molecule has 2 atom stereocenters. The van der Waals surface area contributed by atoms with Gasteiger partial charge in [-0.3, -0.25) is 4.79 Å². The number of amides is 1. The number of rotatable bonds is 7. The lowest BCUT2D eigenvalue weighted by Gasteiger charge is -2.36. The van der Waals surface area contributed by atoms with E-state index >= 15 is 0 Å². The Bertz CT molecular complexity index is 409. The van der Waals surface area contributed by atoms with E-state index in [-0.39, 0.29) is 18.0 Å². The number of nitrogens with one attached hydrogen (secondary N) is 1. The van der Waals surface area contributed by atoms with E-state index in [0.717, 1.165) is 32.1 Å². The summed E-state index contributed by atoms with van der Waals surface area (Å²) in [5.74, 6) is 0.145. The number of hydrogen-bond donors (Lipinski definition) is 2. The average Bonchev–Trinajstić information content (AvgIpc) is 2.35. The minimum atomic E-state index is -3.15. The fourth-order valence-electron chi connectivity index (χ4n) is 2.53. The molecule has 0 radical (unpaired) electrons. The first kappa shape index (κ1) is 17.4. The quantitative estimate of drug-likeness (QED) is 0.713. The molecule has 1 heterocycles. The lowest BCUT2D eigenvalue weighted by Crippen LogP contribution is -2.45. The van der Waals surface area contributed by atoms with Crippen LogP contribution in [0.4, 0.5) is 0 Å². The van der Waals surface area contributed by atoms with Crippen LogP contribution < -0.4 is 10.5 Å². The number of hydrogen-bond acceptors (Lipinski definition) is 4. The molecule has 0 aliphatic carbocycles. The smallest absolute Gasteiger partial charge is 0.222 e. The van der Waals surface area contributed by atoms with Crippen molar-refractivity contribution in [3.05, 3.63) is 0 Å². The van der Waals surface area contributed by atoms with E-state index in [0.29, 0.717) is 25.8 Å². The van der Waals surface area contributed by atoms with E-state index in [9.17, 15) is 13.2 Å². The summed E-state index contributed by atoms with van der Waals surface area (Å²) in [6.45, 7) is 3.07. The molecule has 0 aromatic rings. The van der Waals surface area contributed by atoms with Crippen LogP contribution in [0.1, 0.15) is 45.4 Å². The predicted molar refractivity (Wildman–Crippen MR) is 79.7 cm³/mol. The van der Waals surface area contributed by atoms with Gasteiger partial charge < -0.3 is 10.6 Å². The van der Waals surface area contributed by atoms with Crippen molar-refractivity contribution in [3.63, 3.8) is 0 Å². The van der Waals surface area contributed by atoms with Crippen molar-refractivity contribution in [2.24, 2.45) is 5.73 Å². The molecule has 2 unspecified atom stereocenters. The number of piperidine rings is 1. The Morgan fingerprint density at radius 1 is 1.45 bits per heavy atom. The topological polar surface area (TPSA) is 92.5 Å². The molecule has 1 aliphatic heterocycles. The van der Waals surface area contributed by atoms with Crippen molar-refractivity contribution >= 4 is 15.9 Å². The number of nitrogens with zero attached hydrogens (tertiary/aromatic N) is 1. The predicted octanol–water partition coefficient (Wildman–Crippen LogP) is 0.434. The van der Waals surface area contributed by atoms with Crippen LogP contribution >= 0.6 is 0 Å². The van der Waals surface area contributed by atoms with E-state index in [2.05, 4.69) is 4.72 Å². The number of carbonyl (C=O) groups is 1. The highest BCUT2D eigenvalue weighted by atomic mass is 32.2. The van der Waals surface area contributed by atoms with Crippen LogP contribution in [0, 0.1) is 0 Å². The number of carbonyl (C=O) groups excluding carboxylic acids is 1. The first-order valence-electron chi connectivity index (χ1n) is 7.29. The van der Waals surface area contributed by atoms with E-state index in [1.165, 1.54) is 0 Å². The Morgan fingerprint density at radius 2 is 2.15 bits per heavy atom. The summed E-state index contributed by atoms with van der Waals surface area (Å²) in [5.41, 5.74) is 5.69. The molecule has 1 amide bonds. The normalized spacial score (nSPS) is 21.8. The van der Waals surface area contributed by atoms with Gasteiger partial charge in [-0.15, -0.1) is 0 Å². The number of nitrogens with two attached hydrogens (primary N) is 1. The lowest BCUT2D eigenvalue weighted by atomic mass is 9.98. The summed E-state index contributed by atoms with van der Waals surface area (Å²) in [5, 5.41) is 0. The van der Waals surface area contributed by atoms with Gasteiger partial charge in [0.05, 0.1) is 6.26 Å². The standard InChI is InChI=1S/C13H27N3O3S/c1-11(14)6-7-13(17)16-10-4-3-5-12(16)8-9-15-20(2,18)19/h11-12,15H,3-10,14H2,1-2H3. The van der Waals surface area contributed by atoms with Crippen LogP contribution in [-0.4, -0.2) is 50.7 Å². The zero-order valence-corrected chi connectivity index (χ0v) is 13.3. The van der Waals surface area contributed by atoms with Crippen molar-refractivity contribution in [2.75, 3.05) is 19.3 Å². The molecule has 118 valence electrons. The highest BCUT2D eigenvalue weighted by molar-refractivity contribution is 7.88. The molecule has 20 heavy (non-hydrogen) atoms. The van der Waals surface area contributed by atoms with Crippen LogP contribution in [0.2, 0.25) is 0 Å². The lowest BCUT2D eigenvalue weighted by molar-refractivity contribution is -0.135. The van der Waals surface area contributed by atoms with Crippen LogP contribution in [0.25, 0.3) is 0 Å². The molecule has 1 rings (SSSR count). The number of sulfonamides is 1. The molecule has 1 fully saturated rings. The Morgan fingerprint density at radius 3 is 2.75 bits per heavy atom. The van der Waals surface area contributed by atoms with Gasteiger partial charge in [0.25, 0.3) is 0 Å². The minimum Gasteiger partial charge on any atom is -0.340 e. The molecule has 7 heteroatoms. The summed E-state index contributed by atoms with van der Waals surface area (Å²) in [6, 6.07) is 0.188. The zero-order chi connectivity index (χ0) is 15.2. The highest BCUT2D eigenvalue weighted by Crippen LogP contribution is 2.20. The van der Waals surface area contributed by atoms with E-state index < -0.39 is 10.0 Å². The van der Waals surface area contributed by atoms with E-state index in [1.807, 2.05) is 11.8 Å². The van der Waals surface area contributed by atoms with Gasteiger partial charge in [0, 0.05) is 31.6 Å². The third-order valence-corrected chi connectivity index (χ3v) is 4.33. The van der Waals surface area contributed by atoms with Gasteiger partial charge in [-0.05, 0) is 39.0 Å². The summed E-state index contributed by atoms with van der Waals surface area (Å²) in [6.07, 6.45) is 6.09. The van der Waals surface area contributed by atoms with Gasteiger partial charge in [0.15, 0.2) is 0 Å². The monoisotopic (exact) mass is 305 g/mol. The molecule has 1 saturated heterocycles. The first-order chi connectivity index (χ1) is 9.29. The van der Waals surface area contributed by atoms with Crippen LogP contribution in [0.5, 0.6) is 0 Å².